The average Bonchev–Trinajstić information content (AvgIpc) is 2.63. The Balaban J connectivity index is 2.37. The molecule has 0 unspecified atom stereocenters. The number of carbonyl (C=O) groups excluding carboxylic acids is 1. The van der Waals surface area contributed by atoms with E-state index in [1.807, 2.05) is 6.92 Å². The molecule has 0 atom stereocenters. The van der Waals surface area contributed by atoms with Crippen LogP contribution in [0.5, 0.6) is 0 Å². The molecule has 3 nitrogen and oxygen atoms in total. The Hall–Kier alpha value is -0.731. The first-order valence-corrected chi connectivity index (χ1v) is 6.52. The molecule has 2 rings (SSSR count). The topological polar surface area (TPSA) is 52.3 Å². The van der Waals surface area contributed by atoms with Crippen LogP contribution in [0.4, 0.5) is 4.56 Å². The summed E-state index contributed by atoms with van der Waals surface area (Å²) < 4.78 is 7.18. The van der Waals surface area contributed by atoms with E-state index >= 15 is 0 Å². The number of hydrogen-bond acceptors (Lipinski definition) is 3. The summed E-state index contributed by atoms with van der Waals surface area (Å²) in [6.07, 6.45) is 3.30. The molecule has 1 aromatic heterocycles. The number of rotatable bonds is 2. The molecule has 0 bridgehead atoms. The van der Waals surface area contributed by atoms with Crippen molar-refractivity contribution in [1.82, 2.24) is 0 Å². The first kappa shape index (κ1) is 9.81. The number of ether oxygens (including phenoxy) is 1. The fraction of sp³-hybridized carbons (Fsp3) is 0.500. The molecule has 0 aliphatic heterocycles. The van der Waals surface area contributed by atoms with Crippen molar-refractivity contribution >= 4 is 25.0 Å². The zero-order valence-corrected chi connectivity index (χ0v) is 9.84. The second kappa shape index (κ2) is 3.79. The first-order valence-electron chi connectivity index (χ1n) is 4.81. The number of fused-ring (bicyclic) bond motifs is 1. The number of aryl methyl sites for hydroxylation is 1. The van der Waals surface area contributed by atoms with Gasteiger partial charge in [-0.2, -0.15) is 0 Å². The van der Waals surface area contributed by atoms with Crippen molar-refractivity contribution in [2.45, 2.75) is 26.2 Å². The second-order valence-corrected chi connectivity index (χ2v) is 5.70. The van der Waals surface area contributed by atoms with Crippen molar-refractivity contribution in [2.75, 3.05) is 12.3 Å². The van der Waals surface area contributed by atoms with Crippen molar-refractivity contribution in [3.63, 3.8) is 0 Å². The van der Waals surface area contributed by atoms with Gasteiger partial charge in [0, 0.05) is 0 Å². The number of nitrogen functional groups attached to an aromatic ring is 1. The third-order valence-electron chi connectivity index (χ3n) is 2.43. The Kier molecular flexibility index (Phi) is 2.66. The van der Waals surface area contributed by atoms with Crippen molar-refractivity contribution in [2.24, 2.45) is 0 Å². The summed E-state index contributed by atoms with van der Waals surface area (Å²) in [6.45, 7) is 2.24. The van der Waals surface area contributed by atoms with Gasteiger partial charge in [0.25, 0.3) is 0 Å². The van der Waals surface area contributed by atoms with Gasteiger partial charge in [-0.25, -0.2) is 0 Å². The summed E-state index contributed by atoms with van der Waals surface area (Å²) in [4.78, 5) is 11.6. The van der Waals surface area contributed by atoms with Crippen LogP contribution < -0.4 is 5.73 Å². The van der Waals surface area contributed by atoms with Gasteiger partial charge in [-0.3, -0.25) is 0 Å². The van der Waals surface area contributed by atoms with Crippen LogP contribution in [0.3, 0.4) is 0 Å². The molecule has 0 spiro atoms. The molecule has 0 aromatic carbocycles. The van der Waals surface area contributed by atoms with Gasteiger partial charge in [-0.05, 0) is 0 Å². The second-order valence-electron chi connectivity index (χ2n) is 3.32. The van der Waals surface area contributed by atoms with Gasteiger partial charge in [-0.1, -0.05) is 0 Å². The van der Waals surface area contributed by atoms with Gasteiger partial charge < -0.3 is 0 Å². The third-order valence-corrected chi connectivity index (χ3v) is 4.78. The van der Waals surface area contributed by atoms with E-state index in [9.17, 15) is 4.79 Å². The molecule has 4 heteroatoms. The maximum absolute atomic E-state index is 11.6. The van der Waals surface area contributed by atoms with Crippen LogP contribution in [0.15, 0.2) is 0 Å². The molecule has 76 valence electrons. The van der Waals surface area contributed by atoms with Gasteiger partial charge in [0.1, 0.15) is 0 Å². The minimum absolute atomic E-state index is 0.216. The molecular weight excluding hydrogens is 245 g/mol. The van der Waals surface area contributed by atoms with Crippen molar-refractivity contribution in [1.29, 1.82) is 0 Å². The van der Waals surface area contributed by atoms with Gasteiger partial charge in [0.05, 0.1) is 0 Å². The molecule has 14 heavy (non-hydrogen) atoms. The summed E-state index contributed by atoms with van der Waals surface area (Å²) in [5.41, 5.74) is 7.75. The summed E-state index contributed by atoms with van der Waals surface area (Å²) in [5, 5.41) is 0. The molecule has 2 N–H and O–H groups in total. The summed E-state index contributed by atoms with van der Waals surface area (Å²) in [5.74, 6) is -0.223. The Labute approximate surface area is 89.0 Å². The van der Waals surface area contributed by atoms with Crippen molar-refractivity contribution in [3.05, 3.63) is 15.6 Å². The van der Waals surface area contributed by atoms with Crippen molar-refractivity contribution in [3.8, 4) is 0 Å². The fourth-order valence-electron chi connectivity index (χ4n) is 1.85. The van der Waals surface area contributed by atoms with Crippen LogP contribution in [-0.4, -0.2) is 27.1 Å². The van der Waals surface area contributed by atoms with E-state index in [4.69, 9.17) is 10.5 Å². The molecule has 0 saturated carbocycles. The molecule has 0 amide bonds. The van der Waals surface area contributed by atoms with Gasteiger partial charge in [0.15, 0.2) is 0 Å². The van der Waals surface area contributed by atoms with E-state index in [0.717, 1.165) is 17.4 Å². The van der Waals surface area contributed by atoms with E-state index in [-0.39, 0.29) is 20.5 Å². The minimum atomic E-state index is -0.223. The number of nitrogens with two attached hydrogens (primary N) is 1. The van der Waals surface area contributed by atoms with Crippen LogP contribution in [0.2, 0.25) is 0 Å². The molecule has 1 aliphatic carbocycles. The van der Waals surface area contributed by atoms with Gasteiger partial charge in [-0.15, -0.1) is 0 Å². The molecule has 0 saturated heterocycles. The Morgan fingerprint density at radius 3 is 3.07 bits per heavy atom. The van der Waals surface area contributed by atoms with Crippen LogP contribution >= 0.6 is 0 Å². The van der Waals surface area contributed by atoms with Crippen LogP contribution in [0, 0.1) is 0 Å². The zero-order valence-electron chi connectivity index (χ0n) is 8.13. The Morgan fingerprint density at radius 2 is 2.36 bits per heavy atom. The quantitative estimate of drug-likeness (QED) is 0.635. The molecular formula is C10H13NO2Se. The number of carbonyl (C=O) groups is 1. The zero-order chi connectivity index (χ0) is 10.1. The first-order chi connectivity index (χ1) is 6.74. The number of hydrogen-bond donors (Lipinski definition) is 1. The summed E-state index contributed by atoms with van der Waals surface area (Å²) in [7, 11) is 0. The van der Waals surface area contributed by atoms with E-state index in [1.165, 1.54) is 16.4 Å². The average molecular weight is 258 g/mol. The SMILES string of the molecule is CCOC(=O)c1c(N)[se]c2c1CCC2. The van der Waals surface area contributed by atoms with E-state index < -0.39 is 0 Å². The predicted octanol–water partition coefficient (Wildman–Crippen LogP) is 0.991. The van der Waals surface area contributed by atoms with E-state index in [1.54, 1.807) is 0 Å². The molecule has 1 aliphatic rings. The van der Waals surface area contributed by atoms with Crippen LogP contribution in [-0.2, 0) is 17.6 Å². The number of esters is 1. The normalized spacial score (nSPS) is 14.1. The molecule has 0 radical (unpaired) electrons. The third kappa shape index (κ3) is 1.49. The van der Waals surface area contributed by atoms with E-state index in [2.05, 4.69) is 0 Å². The summed E-state index contributed by atoms with van der Waals surface area (Å²) in [6, 6.07) is 0. The predicted molar refractivity (Wildman–Crippen MR) is 55.8 cm³/mol. The Bertz CT molecular complexity index is 370. The molecule has 1 aromatic rings. The molecule has 0 fully saturated rings. The standard InChI is InChI=1S/C10H13NO2Se/c1-2-13-10(12)8-6-4-3-5-7(6)14-9(8)11/h2-5,11H2,1H3. The number of anilines is 1. The van der Waals surface area contributed by atoms with Crippen LogP contribution in [0.1, 0.15) is 33.7 Å². The fourth-order valence-corrected chi connectivity index (χ4v) is 4.26. The maximum atomic E-state index is 11.6. The van der Waals surface area contributed by atoms with Crippen molar-refractivity contribution < 1.29 is 9.53 Å². The monoisotopic (exact) mass is 259 g/mol. The van der Waals surface area contributed by atoms with Gasteiger partial charge in [0.2, 0.25) is 0 Å². The van der Waals surface area contributed by atoms with Crippen LogP contribution in [0.25, 0.3) is 0 Å². The summed E-state index contributed by atoms with van der Waals surface area (Å²) >= 11 is 0.216. The van der Waals surface area contributed by atoms with E-state index in [0.29, 0.717) is 12.2 Å². The molecule has 1 heterocycles. The Morgan fingerprint density at radius 1 is 1.57 bits per heavy atom. The van der Waals surface area contributed by atoms with Gasteiger partial charge >= 0.3 is 88.7 Å².